The van der Waals surface area contributed by atoms with Crippen molar-refractivity contribution in [2.45, 2.75) is 45.4 Å². The van der Waals surface area contributed by atoms with E-state index in [9.17, 15) is 4.79 Å². The molecule has 8 nitrogen and oxygen atoms in total. The van der Waals surface area contributed by atoms with Gasteiger partial charge in [-0.05, 0) is 32.1 Å². The van der Waals surface area contributed by atoms with Gasteiger partial charge in [-0.15, -0.1) is 5.06 Å². The van der Waals surface area contributed by atoms with Crippen LogP contribution in [-0.4, -0.2) is 73.4 Å². The van der Waals surface area contributed by atoms with Crippen LogP contribution in [0.1, 0.15) is 45.4 Å². The van der Waals surface area contributed by atoms with Gasteiger partial charge in [0.15, 0.2) is 0 Å². The highest BCUT2D eigenvalue weighted by Gasteiger charge is 2.25. The summed E-state index contributed by atoms with van der Waals surface area (Å²) in [6.45, 7) is 9.26. The number of carbonyl (C=O) groups excluding carboxylic acids is 1. The first-order chi connectivity index (χ1) is 13.7. The van der Waals surface area contributed by atoms with E-state index in [-0.39, 0.29) is 5.97 Å². The first-order valence-electron chi connectivity index (χ1n) is 10.8. The van der Waals surface area contributed by atoms with Crippen LogP contribution in [0.25, 0.3) is 0 Å². The van der Waals surface area contributed by atoms with Crippen molar-refractivity contribution in [3.8, 4) is 0 Å². The fourth-order valence-electron chi connectivity index (χ4n) is 4.14. The molecule has 0 spiro atoms. The molecule has 0 amide bonds. The largest absolute Gasteiger partial charge is 0.368 e. The minimum Gasteiger partial charge on any atom is -0.368 e. The number of hydrogen-bond donors (Lipinski definition) is 0. The van der Waals surface area contributed by atoms with Crippen molar-refractivity contribution in [3.05, 3.63) is 6.07 Å². The standard InChI is InChI=1S/C20H32N6O2/c1-2-7-19(27)28-26-14-12-24(13-15-26)18-16-17(23-8-3-4-9-23)21-20(22-18)25-10-5-6-11-25/h16H,2-15H2,1H3. The first-order valence-corrected chi connectivity index (χ1v) is 10.8. The monoisotopic (exact) mass is 388 g/mol. The zero-order valence-electron chi connectivity index (χ0n) is 17.0. The number of rotatable bonds is 6. The van der Waals surface area contributed by atoms with E-state index in [4.69, 9.17) is 14.8 Å². The van der Waals surface area contributed by atoms with Crippen LogP contribution >= 0.6 is 0 Å². The highest BCUT2D eigenvalue weighted by Crippen LogP contribution is 2.27. The van der Waals surface area contributed by atoms with Gasteiger partial charge in [0.25, 0.3) is 0 Å². The second-order valence-electron chi connectivity index (χ2n) is 7.90. The van der Waals surface area contributed by atoms with Gasteiger partial charge >= 0.3 is 5.97 Å². The summed E-state index contributed by atoms with van der Waals surface area (Å²) < 4.78 is 0. The molecule has 0 N–H and O–H groups in total. The summed E-state index contributed by atoms with van der Waals surface area (Å²) in [5.74, 6) is 2.79. The molecular formula is C20H32N6O2. The SMILES string of the molecule is CCCC(=O)ON1CCN(c2cc(N3CCCC3)nc(N3CCCC3)n2)CC1. The number of carbonyl (C=O) groups is 1. The van der Waals surface area contributed by atoms with Gasteiger partial charge in [-0.3, -0.25) is 4.79 Å². The first kappa shape index (κ1) is 19.2. The van der Waals surface area contributed by atoms with Gasteiger partial charge in [-0.25, -0.2) is 0 Å². The minimum atomic E-state index is -0.134. The fourth-order valence-corrected chi connectivity index (χ4v) is 4.14. The molecule has 0 atom stereocenters. The summed E-state index contributed by atoms with van der Waals surface area (Å²) in [4.78, 5) is 34.0. The van der Waals surface area contributed by atoms with Crippen LogP contribution in [-0.2, 0) is 9.63 Å². The molecule has 4 heterocycles. The van der Waals surface area contributed by atoms with E-state index in [2.05, 4.69) is 20.8 Å². The Bertz CT molecular complexity index is 630. The molecule has 8 heteroatoms. The van der Waals surface area contributed by atoms with Crippen molar-refractivity contribution >= 4 is 23.6 Å². The Kier molecular flexibility index (Phi) is 6.14. The van der Waals surface area contributed by atoms with Gasteiger partial charge in [0.05, 0.1) is 13.1 Å². The summed E-state index contributed by atoms with van der Waals surface area (Å²) in [6, 6.07) is 2.14. The van der Waals surface area contributed by atoms with E-state index in [0.717, 1.165) is 63.3 Å². The van der Waals surface area contributed by atoms with Crippen LogP contribution in [0.3, 0.4) is 0 Å². The van der Waals surface area contributed by atoms with Crippen molar-refractivity contribution in [2.75, 3.05) is 67.1 Å². The molecule has 0 aliphatic carbocycles. The Balaban J connectivity index is 1.46. The Hall–Kier alpha value is -2.09. The molecule has 0 bridgehead atoms. The number of piperazine rings is 1. The van der Waals surface area contributed by atoms with E-state index in [1.807, 2.05) is 6.92 Å². The van der Waals surface area contributed by atoms with Gasteiger partial charge in [0.1, 0.15) is 11.6 Å². The lowest BCUT2D eigenvalue weighted by Gasteiger charge is -2.34. The predicted molar refractivity (Wildman–Crippen MR) is 110 cm³/mol. The molecule has 0 radical (unpaired) electrons. The van der Waals surface area contributed by atoms with Gasteiger partial charge in [0.2, 0.25) is 5.95 Å². The molecule has 4 rings (SSSR count). The van der Waals surface area contributed by atoms with E-state index >= 15 is 0 Å². The zero-order chi connectivity index (χ0) is 19.3. The molecule has 1 aromatic rings. The van der Waals surface area contributed by atoms with Gasteiger partial charge < -0.3 is 19.5 Å². The molecule has 3 aliphatic heterocycles. The molecule has 3 fully saturated rings. The topological polar surface area (TPSA) is 65.0 Å². The van der Waals surface area contributed by atoms with Crippen LogP contribution in [0.2, 0.25) is 0 Å². The smallest absolute Gasteiger partial charge is 0.325 e. The summed E-state index contributed by atoms with van der Waals surface area (Å²) in [5.41, 5.74) is 0. The highest BCUT2D eigenvalue weighted by molar-refractivity contribution is 5.68. The normalized spacial score (nSPS) is 20.8. The Morgan fingerprint density at radius 3 is 1.96 bits per heavy atom. The van der Waals surface area contributed by atoms with E-state index < -0.39 is 0 Å². The molecule has 28 heavy (non-hydrogen) atoms. The second kappa shape index (κ2) is 8.94. The average Bonchev–Trinajstić information content (AvgIpc) is 3.42. The molecule has 1 aromatic heterocycles. The highest BCUT2D eigenvalue weighted by atomic mass is 16.7. The third kappa shape index (κ3) is 4.48. The third-order valence-electron chi connectivity index (χ3n) is 5.75. The lowest BCUT2D eigenvalue weighted by Crippen LogP contribution is -2.47. The summed E-state index contributed by atoms with van der Waals surface area (Å²) in [6.07, 6.45) is 6.20. The molecule has 0 saturated carbocycles. The maximum absolute atomic E-state index is 11.7. The van der Waals surface area contributed by atoms with Crippen LogP contribution in [0.15, 0.2) is 6.07 Å². The van der Waals surface area contributed by atoms with Crippen molar-refractivity contribution in [1.29, 1.82) is 0 Å². The minimum absolute atomic E-state index is 0.134. The van der Waals surface area contributed by atoms with Gasteiger partial charge in [-0.2, -0.15) is 9.97 Å². The number of hydrogen-bond acceptors (Lipinski definition) is 8. The zero-order valence-corrected chi connectivity index (χ0v) is 17.0. The molecule has 0 aromatic carbocycles. The summed E-state index contributed by atoms with van der Waals surface area (Å²) in [7, 11) is 0. The van der Waals surface area contributed by atoms with E-state index in [1.54, 1.807) is 5.06 Å². The summed E-state index contributed by atoms with van der Waals surface area (Å²) >= 11 is 0. The van der Waals surface area contributed by atoms with Crippen molar-refractivity contribution in [3.63, 3.8) is 0 Å². The molecular weight excluding hydrogens is 356 g/mol. The van der Waals surface area contributed by atoms with Crippen LogP contribution in [0.4, 0.5) is 17.6 Å². The lowest BCUT2D eigenvalue weighted by atomic mass is 10.3. The average molecular weight is 389 g/mol. The lowest BCUT2D eigenvalue weighted by molar-refractivity contribution is -0.191. The van der Waals surface area contributed by atoms with Crippen molar-refractivity contribution in [1.82, 2.24) is 15.0 Å². The maximum Gasteiger partial charge on any atom is 0.325 e. The van der Waals surface area contributed by atoms with Crippen LogP contribution < -0.4 is 14.7 Å². The molecule has 154 valence electrons. The number of nitrogens with zero attached hydrogens (tertiary/aromatic N) is 6. The number of anilines is 3. The second-order valence-corrected chi connectivity index (χ2v) is 7.90. The Labute approximate surface area is 167 Å². The fraction of sp³-hybridized carbons (Fsp3) is 0.750. The Morgan fingerprint density at radius 2 is 1.39 bits per heavy atom. The van der Waals surface area contributed by atoms with Crippen LogP contribution in [0.5, 0.6) is 0 Å². The third-order valence-corrected chi connectivity index (χ3v) is 5.75. The van der Waals surface area contributed by atoms with E-state index in [1.165, 1.54) is 25.7 Å². The number of aromatic nitrogens is 2. The van der Waals surface area contributed by atoms with Crippen molar-refractivity contribution in [2.24, 2.45) is 0 Å². The number of hydroxylamine groups is 2. The Morgan fingerprint density at radius 1 is 0.857 bits per heavy atom. The van der Waals surface area contributed by atoms with Crippen molar-refractivity contribution < 1.29 is 9.63 Å². The molecule has 3 saturated heterocycles. The molecule has 0 unspecified atom stereocenters. The molecule has 3 aliphatic rings. The maximum atomic E-state index is 11.7. The summed E-state index contributed by atoms with van der Waals surface area (Å²) in [5, 5.41) is 1.79. The van der Waals surface area contributed by atoms with Gasteiger partial charge in [-0.1, -0.05) is 6.92 Å². The quantitative estimate of drug-likeness (QED) is 0.734. The predicted octanol–water partition coefficient (Wildman–Crippen LogP) is 2.06. The van der Waals surface area contributed by atoms with Crippen LogP contribution in [0, 0.1) is 0 Å². The van der Waals surface area contributed by atoms with E-state index in [0.29, 0.717) is 19.5 Å². The van der Waals surface area contributed by atoms with Gasteiger partial charge in [0, 0.05) is 51.8 Å².